The van der Waals surface area contributed by atoms with Gasteiger partial charge in [-0.3, -0.25) is 9.36 Å². The molecule has 8 heteroatoms. The molecule has 0 spiro atoms. The second-order valence-electron chi connectivity index (χ2n) is 5.52. The van der Waals surface area contributed by atoms with E-state index in [-0.39, 0.29) is 16.9 Å². The molecule has 0 radical (unpaired) electrons. The van der Waals surface area contributed by atoms with E-state index in [2.05, 4.69) is 15.0 Å². The van der Waals surface area contributed by atoms with Gasteiger partial charge in [-0.15, -0.1) is 0 Å². The molecular weight excluding hydrogens is 372 g/mol. The topological polar surface area (TPSA) is 79.8 Å². The first kappa shape index (κ1) is 16.7. The number of amides is 1. The van der Waals surface area contributed by atoms with E-state index >= 15 is 0 Å². The number of benzene rings is 1. The van der Waals surface area contributed by atoms with E-state index in [9.17, 15) is 9.90 Å². The number of nitrogens with zero attached hydrogens (tertiary/aromatic N) is 4. The number of carbonyl (C=O) groups is 1. The molecule has 1 N–H and O–H groups in total. The minimum atomic E-state index is -0.364. The second-order valence-corrected chi connectivity index (χ2v) is 6.85. The lowest BCUT2D eigenvalue weighted by atomic mass is 10.1. The number of carbonyl (C=O) groups excluding carboxylic acids is 1. The summed E-state index contributed by atoms with van der Waals surface area (Å²) in [7, 11) is 0. The smallest absolute Gasteiger partial charge is 0.279 e. The summed E-state index contributed by atoms with van der Waals surface area (Å²) in [6.07, 6.45) is 1.58. The third-order valence-electron chi connectivity index (χ3n) is 3.99. The van der Waals surface area contributed by atoms with Crippen molar-refractivity contribution in [3.63, 3.8) is 0 Å². The van der Waals surface area contributed by atoms with Crippen LogP contribution in [0, 0.1) is 0 Å². The number of rotatable bonds is 3. The number of hydrogen-bond acceptors (Lipinski definition) is 5. The van der Waals surface area contributed by atoms with Crippen molar-refractivity contribution in [1.29, 1.82) is 0 Å². The quantitative estimate of drug-likeness (QED) is 0.700. The van der Waals surface area contributed by atoms with Crippen LogP contribution in [0.3, 0.4) is 0 Å². The molecule has 1 aliphatic heterocycles. The van der Waals surface area contributed by atoms with E-state index in [1.807, 2.05) is 25.1 Å². The van der Waals surface area contributed by atoms with E-state index in [1.165, 1.54) is 11.3 Å². The predicted octanol–water partition coefficient (Wildman–Crippen LogP) is 1.91. The van der Waals surface area contributed by atoms with E-state index in [0.717, 1.165) is 0 Å². The van der Waals surface area contributed by atoms with Gasteiger partial charge in [0.15, 0.2) is 9.95 Å². The van der Waals surface area contributed by atoms with Crippen molar-refractivity contribution < 1.29 is 9.90 Å². The summed E-state index contributed by atoms with van der Waals surface area (Å²) in [6, 6.07) is 10.7. The number of aromatic hydroxyl groups is 1. The molecule has 130 valence electrons. The Bertz CT molecular complexity index is 1230. The van der Waals surface area contributed by atoms with Crippen molar-refractivity contribution in [3.05, 3.63) is 68.0 Å². The van der Waals surface area contributed by atoms with E-state index < -0.39 is 0 Å². The Morgan fingerprint density at radius 2 is 2.08 bits per heavy atom. The van der Waals surface area contributed by atoms with Gasteiger partial charge >= 0.3 is 0 Å². The van der Waals surface area contributed by atoms with Crippen molar-refractivity contribution in [3.8, 4) is 5.88 Å². The fraction of sp³-hybridized carbons (Fsp3) is 0.111. The lowest BCUT2D eigenvalue weighted by Gasteiger charge is -2.01. The van der Waals surface area contributed by atoms with Crippen LogP contribution in [0.5, 0.6) is 5.88 Å². The van der Waals surface area contributed by atoms with Gasteiger partial charge in [-0.2, -0.15) is 0 Å². The molecule has 3 aromatic rings. The average Bonchev–Trinajstić information content (AvgIpc) is 3.12. The Morgan fingerprint density at radius 3 is 2.85 bits per heavy atom. The van der Waals surface area contributed by atoms with Crippen LogP contribution in [0.4, 0.5) is 5.69 Å². The molecule has 4 rings (SSSR count). The van der Waals surface area contributed by atoms with Crippen LogP contribution in [-0.2, 0) is 11.3 Å². The lowest BCUT2D eigenvalue weighted by molar-refractivity contribution is -0.112. The first-order chi connectivity index (χ1) is 12.6. The standard InChI is InChI=1S/C18H13ClN4O2S/c1-2-23-17(25)14(13-10-6-3-4-7-11(10)21-16(13)24)26-18(23)22-12-8-5-9-20-15(12)19/h3-9,25H,2H2,1H3. The highest BCUT2D eigenvalue weighted by atomic mass is 35.5. The molecule has 26 heavy (non-hydrogen) atoms. The monoisotopic (exact) mass is 384 g/mol. The van der Waals surface area contributed by atoms with Gasteiger partial charge in [0.2, 0.25) is 5.88 Å². The highest BCUT2D eigenvalue weighted by Crippen LogP contribution is 2.29. The number of pyridine rings is 1. The Labute approximate surface area is 157 Å². The van der Waals surface area contributed by atoms with Crippen LogP contribution in [-0.4, -0.2) is 20.6 Å². The van der Waals surface area contributed by atoms with Crippen LogP contribution in [0.1, 0.15) is 11.8 Å². The molecule has 1 aromatic carbocycles. The van der Waals surface area contributed by atoms with E-state index in [1.54, 1.807) is 29.0 Å². The van der Waals surface area contributed by atoms with Crippen molar-refractivity contribution in [2.45, 2.75) is 13.5 Å². The van der Waals surface area contributed by atoms with Gasteiger partial charge in [-0.25, -0.2) is 15.0 Å². The van der Waals surface area contributed by atoms with Crippen LogP contribution >= 0.6 is 22.9 Å². The van der Waals surface area contributed by atoms with Crippen LogP contribution in [0.15, 0.2) is 52.6 Å². The number of aromatic nitrogens is 2. The molecule has 6 nitrogen and oxygen atoms in total. The molecule has 3 heterocycles. The number of halogens is 1. The lowest BCUT2D eigenvalue weighted by Crippen LogP contribution is -2.22. The minimum absolute atomic E-state index is 0.00786. The van der Waals surface area contributed by atoms with Crippen LogP contribution < -0.4 is 15.4 Å². The Hall–Kier alpha value is -2.77. The summed E-state index contributed by atoms with van der Waals surface area (Å²) in [4.78, 5) is 26.0. The third kappa shape index (κ3) is 2.65. The molecular formula is C18H13ClN4O2S. The zero-order valence-corrected chi connectivity index (χ0v) is 15.3. The maximum absolute atomic E-state index is 12.4. The Morgan fingerprint density at radius 1 is 1.27 bits per heavy atom. The molecule has 0 unspecified atom stereocenters. The van der Waals surface area contributed by atoms with Gasteiger partial charge in [0, 0.05) is 18.0 Å². The Kier molecular flexibility index (Phi) is 4.18. The molecule has 0 aliphatic carbocycles. The number of para-hydroxylation sites is 1. The average molecular weight is 385 g/mol. The molecule has 0 fully saturated rings. The fourth-order valence-corrected chi connectivity index (χ4v) is 4.10. The summed E-state index contributed by atoms with van der Waals surface area (Å²) in [5.74, 6) is -0.372. The number of fused-ring (bicyclic) bond motifs is 1. The minimum Gasteiger partial charge on any atom is -0.493 e. The summed E-state index contributed by atoms with van der Waals surface area (Å²) < 4.78 is 1.63. The van der Waals surface area contributed by atoms with Crippen LogP contribution in [0.2, 0.25) is 5.15 Å². The molecule has 0 saturated heterocycles. The highest BCUT2D eigenvalue weighted by molar-refractivity contribution is 7.11. The Balaban J connectivity index is 2.00. The van der Waals surface area contributed by atoms with Gasteiger partial charge in [0.25, 0.3) is 5.91 Å². The van der Waals surface area contributed by atoms with Crippen molar-refractivity contribution in [1.82, 2.24) is 9.55 Å². The molecule has 0 saturated carbocycles. The van der Waals surface area contributed by atoms with Gasteiger partial charge in [0.05, 0.1) is 10.9 Å². The number of thiazole rings is 1. The molecule has 0 atom stereocenters. The summed E-state index contributed by atoms with van der Waals surface area (Å²) >= 11 is 7.31. The van der Waals surface area contributed by atoms with Crippen molar-refractivity contribution in [2.75, 3.05) is 0 Å². The van der Waals surface area contributed by atoms with Crippen LogP contribution in [0.25, 0.3) is 5.57 Å². The van der Waals surface area contributed by atoms with Gasteiger partial charge in [-0.05, 0) is 25.1 Å². The zero-order chi connectivity index (χ0) is 18.3. The molecule has 2 aromatic heterocycles. The molecule has 1 amide bonds. The molecule has 0 bridgehead atoms. The van der Waals surface area contributed by atoms with Gasteiger partial charge < -0.3 is 5.11 Å². The predicted molar refractivity (Wildman–Crippen MR) is 98.9 cm³/mol. The van der Waals surface area contributed by atoms with Crippen molar-refractivity contribution in [2.24, 2.45) is 9.98 Å². The van der Waals surface area contributed by atoms with Crippen molar-refractivity contribution >= 4 is 40.1 Å². The normalized spacial score (nSPS) is 13.8. The summed E-state index contributed by atoms with van der Waals surface area (Å²) in [5.41, 5.74) is 0.890. The fourth-order valence-electron chi connectivity index (χ4n) is 2.78. The summed E-state index contributed by atoms with van der Waals surface area (Å²) in [5, 5.41) is 12.3. The largest absolute Gasteiger partial charge is 0.493 e. The first-order valence-electron chi connectivity index (χ1n) is 7.90. The van der Waals surface area contributed by atoms with E-state index in [4.69, 9.17) is 11.6 Å². The summed E-state index contributed by atoms with van der Waals surface area (Å²) in [6.45, 7) is 2.37. The second kappa shape index (κ2) is 6.51. The van der Waals surface area contributed by atoms with Gasteiger partial charge in [-0.1, -0.05) is 41.1 Å². The SMILES string of the molecule is CCn1c(O)c(C2=c3ccccc3=NC2=O)sc1=Nc1cccnc1Cl. The van der Waals surface area contributed by atoms with E-state index in [0.29, 0.717) is 38.1 Å². The first-order valence-corrected chi connectivity index (χ1v) is 9.10. The third-order valence-corrected chi connectivity index (χ3v) is 5.37. The highest BCUT2D eigenvalue weighted by Gasteiger charge is 2.25. The maximum atomic E-state index is 12.4. The van der Waals surface area contributed by atoms with Gasteiger partial charge in [0.1, 0.15) is 10.6 Å². The zero-order valence-electron chi connectivity index (χ0n) is 13.7. The maximum Gasteiger partial charge on any atom is 0.279 e. The molecule has 1 aliphatic rings. The number of hydrogen-bond donors (Lipinski definition) is 1.